The molecule has 0 spiro atoms. The number of aliphatic carboxylic acids is 1. The SMILES string of the molecule is CCn1c(-c2cc(C)c(=O)n(C)c2)nc2cc(CC[C@@H](COC)C(=O)O)ccc21. The fourth-order valence-electron chi connectivity index (χ4n) is 3.69. The molecule has 0 aliphatic carbocycles. The lowest BCUT2D eigenvalue weighted by Gasteiger charge is -2.11. The Bertz CT molecular complexity index is 1070. The third kappa shape index (κ3) is 4.24. The van der Waals surface area contributed by atoms with E-state index in [0.717, 1.165) is 34.5 Å². The molecule has 1 aromatic carbocycles. The van der Waals surface area contributed by atoms with Gasteiger partial charge in [0.2, 0.25) is 0 Å². The molecule has 154 valence electrons. The van der Waals surface area contributed by atoms with Crippen LogP contribution in [-0.4, -0.2) is 38.9 Å². The first-order valence-electron chi connectivity index (χ1n) is 9.74. The number of nitrogens with zero attached hydrogens (tertiary/aromatic N) is 3. The minimum Gasteiger partial charge on any atom is -0.481 e. The zero-order chi connectivity index (χ0) is 21.1. The monoisotopic (exact) mass is 397 g/mol. The molecule has 2 aromatic heterocycles. The van der Waals surface area contributed by atoms with E-state index in [0.29, 0.717) is 18.4 Å². The minimum absolute atomic E-state index is 0.0146. The molecule has 0 aliphatic rings. The van der Waals surface area contributed by atoms with Crippen molar-refractivity contribution in [3.05, 3.63) is 51.9 Å². The number of hydrogen-bond acceptors (Lipinski definition) is 4. The number of aryl methyl sites for hydroxylation is 4. The van der Waals surface area contributed by atoms with Gasteiger partial charge in [-0.2, -0.15) is 0 Å². The predicted molar refractivity (Wildman–Crippen MR) is 112 cm³/mol. The summed E-state index contributed by atoms with van der Waals surface area (Å²) in [5, 5.41) is 9.30. The van der Waals surface area contributed by atoms with Crippen molar-refractivity contribution in [2.45, 2.75) is 33.2 Å². The summed E-state index contributed by atoms with van der Waals surface area (Å²) >= 11 is 0. The first-order chi connectivity index (χ1) is 13.8. The third-order valence-corrected chi connectivity index (χ3v) is 5.25. The van der Waals surface area contributed by atoms with Crippen LogP contribution >= 0.6 is 0 Å². The summed E-state index contributed by atoms with van der Waals surface area (Å²) in [6.07, 6.45) is 2.96. The van der Waals surface area contributed by atoms with E-state index in [1.54, 1.807) is 11.6 Å². The van der Waals surface area contributed by atoms with Crippen LogP contribution < -0.4 is 5.56 Å². The van der Waals surface area contributed by atoms with Gasteiger partial charge in [0.25, 0.3) is 5.56 Å². The molecular formula is C22H27N3O4. The zero-order valence-electron chi connectivity index (χ0n) is 17.3. The van der Waals surface area contributed by atoms with Gasteiger partial charge in [0, 0.05) is 38.0 Å². The van der Waals surface area contributed by atoms with Crippen LogP contribution in [-0.2, 0) is 29.5 Å². The molecule has 2 heterocycles. The summed E-state index contributed by atoms with van der Waals surface area (Å²) in [5.74, 6) is -0.537. The Morgan fingerprint density at radius 3 is 2.69 bits per heavy atom. The van der Waals surface area contributed by atoms with Gasteiger partial charge in [-0.1, -0.05) is 6.07 Å². The summed E-state index contributed by atoms with van der Waals surface area (Å²) in [7, 11) is 3.26. The van der Waals surface area contributed by atoms with Gasteiger partial charge in [0.15, 0.2) is 0 Å². The summed E-state index contributed by atoms with van der Waals surface area (Å²) in [4.78, 5) is 28.2. The average Bonchev–Trinajstić information content (AvgIpc) is 3.06. The maximum absolute atomic E-state index is 12.0. The van der Waals surface area contributed by atoms with Crippen LogP contribution in [0.15, 0.2) is 35.3 Å². The molecule has 0 amide bonds. The number of ether oxygens (including phenoxy) is 1. The molecule has 0 fully saturated rings. The lowest BCUT2D eigenvalue weighted by molar-refractivity contribution is -0.143. The van der Waals surface area contributed by atoms with Crippen LogP contribution in [0.3, 0.4) is 0 Å². The molecule has 7 heteroatoms. The first kappa shape index (κ1) is 20.8. The number of rotatable bonds is 8. The van der Waals surface area contributed by atoms with Gasteiger partial charge in [-0.3, -0.25) is 9.59 Å². The lowest BCUT2D eigenvalue weighted by atomic mass is 10.00. The Hall–Kier alpha value is -2.93. The van der Waals surface area contributed by atoms with E-state index in [1.807, 2.05) is 37.4 Å². The maximum atomic E-state index is 12.0. The molecule has 0 bridgehead atoms. The quantitative estimate of drug-likeness (QED) is 0.631. The Kier molecular flexibility index (Phi) is 6.17. The summed E-state index contributed by atoms with van der Waals surface area (Å²) < 4.78 is 8.72. The van der Waals surface area contributed by atoms with Gasteiger partial charge in [-0.15, -0.1) is 0 Å². The van der Waals surface area contributed by atoms with Crippen LogP contribution in [0.4, 0.5) is 0 Å². The van der Waals surface area contributed by atoms with Crippen molar-refractivity contribution in [2.75, 3.05) is 13.7 Å². The van der Waals surface area contributed by atoms with Gasteiger partial charge in [-0.05, 0) is 50.5 Å². The number of carbonyl (C=O) groups is 1. The first-order valence-corrected chi connectivity index (χ1v) is 9.74. The van der Waals surface area contributed by atoms with E-state index in [9.17, 15) is 14.7 Å². The third-order valence-electron chi connectivity index (χ3n) is 5.25. The van der Waals surface area contributed by atoms with E-state index in [-0.39, 0.29) is 12.2 Å². The maximum Gasteiger partial charge on any atom is 0.308 e. The molecule has 0 aliphatic heterocycles. The second-order valence-electron chi connectivity index (χ2n) is 7.36. The van der Waals surface area contributed by atoms with Gasteiger partial charge < -0.3 is 19.0 Å². The number of fused-ring (bicyclic) bond motifs is 1. The van der Waals surface area contributed by atoms with Crippen LogP contribution in [0.1, 0.15) is 24.5 Å². The van der Waals surface area contributed by atoms with E-state index in [4.69, 9.17) is 9.72 Å². The van der Waals surface area contributed by atoms with Gasteiger partial charge in [-0.25, -0.2) is 4.98 Å². The van der Waals surface area contributed by atoms with Crippen molar-refractivity contribution < 1.29 is 14.6 Å². The van der Waals surface area contributed by atoms with Gasteiger partial charge >= 0.3 is 5.97 Å². The number of benzene rings is 1. The van der Waals surface area contributed by atoms with Gasteiger partial charge in [0.1, 0.15) is 5.82 Å². The van der Waals surface area contributed by atoms with E-state index in [2.05, 4.69) is 11.5 Å². The smallest absolute Gasteiger partial charge is 0.308 e. The molecule has 0 radical (unpaired) electrons. The Labute approximate surface area is 169 Å². The number of pyridine rings is 1. The van der Waals surface area contributed by atoms with E-state index >= 15 is 0 Å². The second-order valence-corrected chi connectivity index (χ2v) is 7.36. The highest BCUT2D eigenvalue weighted by atomic mass is 16.5. The Balaban J connectivity index is 1.96. The second kappa shape index (κ2) is 8.61. The fourth-order valence-corrected chi connectivity index (χ4v) is 3.69. The topological polar surface area (TPSA) is 86.4 Å². The molecule has 0 unspecified atom stereocenters. The molecule has 29 heavy (non-hydrogen) atoms. The van der Waals surface area contributed by atoms with Crippen LogP contribution in [0.5, 0.6) is 0 Å². The van der Waals surface area contributed by atoms with Crippen LogP contribution in [0.2, 0.25) is 0 Å². The number of hydrogen-bond donors (Lipinski definition) is 1. The fraction of sp³-hybridized carbons (Fsp3) is 0.409. The lowest BCUT2D eigenvalue weighted by Crippen LogP contribution is -2.19. The van der Waals surface area contributed by atoms with Crippen molar-refractivity contribution >= 4 is 17.0 Å². The number of carboxylic acids is 1. The molecule has 0 saturated carbocycles. The van der Waals surface area contributed by atoms with Crippen molar-refractivity contribution in [1.82, 2.24) is 14.1 Å². The normalized spacial score (nSPS) is 12.4. The van der Waals surface area contributed by atoms with Crippen molar-refractivity contribution in [3.8, 4) is 11.4 Å². The molecule has 7 nitrogen and oxygen atoms in total. The minimum atomic E-state index is -0.837. The number of methoxy groups -OCH3 is 1. The number of imidazole rings is 1. The van der Waals surface area contributed by atoms with Crippen molar-refractivity contribution in [1.29, 1.82) is 0 Å². The average molecular weight is 397 g/mol. The van der Waals surface area contributed by atoms with Crippen molar-refractivity contribution in [2.24, 2.45) is 13.0 Å². The molecule has 1 atom stereocenters. The Morgan fingerprint density at radius 2 is 2.07 bits per heavy atom. The molecular weight excluding hydrogens is 370 g/mol. The zero-order valence-corrected chi connectivity index (χ0v) is 17.3. The van der Waals surface area contributed by atoms with E-state index in [1.165, 1.54) is 7.11 Å². The summed E-state index contributed by atoms with van der Waals surface area (Å²) in [5.41, 5.74) is 4.49. The number of aromatic nitrogens is 3. The largest absolute Gasteiger partial charge is 0.481 e. The molecule has 3 aromatic rings. The summed E-state index contributed by atoms with van der Waals surface area (Å²) in [6, 6.07) is 7.95. The molecule has 0 saturated heterocycles. The van der Waals surface area contributed by atoms with Crippen LogP contribution in [0.25, 0.3) is 22.4 Å². The van der Waals surface area contributed by atoms with E-state index < -0.39 is 11.9 Å². The van der Waals surface area contributed by atoms with Gasteiger partial charge in [0.05, 0.1) is 23.6 Å². The molecule has 1 N–H and O–H groups in total. The summed E-state index contributed by atoms with van der Waals surface area (Å²) in [6.45, 7) is 4.83. The highest BCUT2D eigenvalue weighted by Crippen LogP contribution is 2.26. The number of carboxylic acid groups (broad SMARTS) is 1. The standard InChI is InChI=1S/C22H27N3O4/c1-5-25-19-9-7-15(6-8-16(13-29-4)22(27)28)11-18(19)23-20(25)17-10-14(2)21(26)24(3)12-17/h7,9-12,16H,5-6,8,13H2,1-4H3,(H,27,28)/t16-/m0/s1. The molecule has 3 rings (SSSR count). The Morgan fingerprint density at radius 1 is 1.31 bits per heavy atom. The predicted octanol–water partition coefficient (Wildman–Crippen LogP) is 3.01. The highest BCUT2D eigenvalue weighted by molar-refractivity contribution is 5.81. The highest BCUT2D eigenvalue weighted by Gasteiger charge is 2.18. The van der Waals surface area contributed by atoms with Crippen molar-refractivity contribution in [3.63, 3.8) is 0 Å². The van der Waals surface area contributed by atoms with Crippen LogP contribution in [0, 0.1) is 12.8 Å².